The van der Waals surface area contributed by atoms with Gasteiger partial charge in [0.15, 0.2) is 0 Å². The monoisotopic (exact) mass is 250 g/mol. The summed E-state index contributed by atoms with van der Waals surface area (Å²) in [6.45, 7) is 0.304. The Morgan fingerprint density at radius 2 is 2.28 bits per heavy atom. The first-order chi connectivity index (χ1) is 10.3. The average Bonchev–Trinajstić information content (AvgIpc) is 2.90. The van der Waals surface area contributed by atoms with Crippen molar-refractivity contribution in [3.05, 3.63) is 30.0 Å². The maximum atomic E-state index is 8.39. The summed E-state index contributed by atoms with van der Waals surface area (Å²) in [6, 6.07) is 5.32. The molecule has 98 valence electrons. The number of benzene rings is 1. The molecule has 0 radical (unpaired) electrons. The summed E-state index contributed by atoms with van der Waals surface area (Å²) in [5.74, 6) is 0.617. The highest BCUT2D eigenvalue weighted by molar-refractivity contribution is 5.84. The minimum Gasteiger partial charge on any atom is -0.497 e. The lowest BCUT2D eigenvalue weighted by atomic mass is 10.1. The largest absolute Gasteiger partial charge is 0.497 e. The first-order valence-electron chi connectivity index (χ1n) is 8.12. The molecule has 0 saturated carbocycles. The lowest BCUT2D eigenvalue weighted by molar-refractivity contribution is 0.339. The maximum absolute atomic E-state index is 8.39. The second kappa shape index (κ2) is 5.91. The zero-order chi connectivity index (χ0) is 16.5. The molecule has 0 unspecified atom stereocenters. The number of methoxy groups -OCH3 is 1. The van der Waals surface area contributed by atoms with Gasteiger partial charge in [-0.15, -0.1) is 0 Å². The molecule has 0 aliphatic rings. The predicted octanol–water partition coefficient (Wildman–Crippen LogP) is 3.06. The van der Waals surface area contributed by atoms with Gasteiger partial charge >= 0.3 is 0 Å². The minimum absolute atomic E-state index is 0.300. The number of ether oxygens (including phenoxy) is 1. The third-order valence-corrected chi connectivity index (χ3v) is 2.83. The Kier molecular flexibility index (Phi) is 2.82. The van der Waals surface area contributed by atoms with E-state index in [1.54, 1.807) is 38.6 Å². The van der Waals surface area contributed by atoms with E-state index in [2.05, 4.69) is 4.98 Å². The quantitative estimate of drug-likeness (QED) is 0.853. The molecule has 1 N–H and O–H groups in total. The van der Waals surface area contributed by atoms with Gasteiger partial charge in [0.2, 0.25) is 0 Å². The first kappa shape index (κ1) is 8.59. The van der Waals surface area contributed by atoms with Crippen LogP contribution in [-0.4, -0.2) is 37.1 Å². The number of aromatic nitrogens is 1. The molecule has 0 amide bonds. The molecule has 1 aromatic heterocycles. The molecule has 0 saturated heterocycles. The van der Waals surface area contributed by atoms with Gasteiger partial charge in [-0.2, -0.15) is 0 Å². The Morgan fingerprint density at radius 3 is 3.00 bits per heavy atom. The van der Waals surface area contributed by atoms with Gasteiger partial charge in [-0.1, -0.05) is 6.92 Å². The lowest BCUT2D eigenvalue weighted by Crippen LogP contribution is -2.21. The van der Waals surface area contributed by atoms with Crippen LogP contribution in [0.1, 0.15) is 24.4 Å². The van der Waals surface area contributed by atoms with Crippen LogP contribution < -0.4 is 4.74 Å². The Labute approximate surface area is 114 Å². The Balaban J connectivity index is 2.53. The number of nitrogens with zero attached hydrogens (tertiary/aromatic N) is 1. The van der Waals surface area contributed by atoms with Gasteiger partial charge < -0.3 is 14.6 Å². The topological polar surface area (TPSA) is 28.3 Å². The summed E-state index contributed by atoms with van der Waals surface area (Å²) in [5, 5.41) is 0.637. The van der Waals surface area contributed by atoms with Crippen LogP contribution >= 0.6 is 0 Å². The standard InChI is InChI=1S/C15H22N2O/c1-4-8-17(2)9-7-12-11-16-15-6-5-13(18-3)10-14(12)15/h5-6,10-11,16H,4,7-9H2,1-3H3/i7D2,9D2. The molecule has 2 rings (SSSR count). The molecule has 0 aliphatic heterocycles. The molecule has 0 atom stereocenters. The molecule has 0 spiro atoms. The number of H-pyrrole nitrogens is 1. The van der Waals surface area contributed by atoms with Gasteiger partial charge in [0.1, 0.15) is 5.75 Å². The molecule has 3 nitrogen and oxygen atoms in total. The van der Waals surface area contributed by atoms with E-state index in [0.29, 0.717) is 23.2 Å². The summed E-state index contributed by atoms with van der Waals surface area (Å²) >= 11 is 0. The van der Waals surface area contributed by atoms with E-state index in [9.17, 15) is 0 Å². The molecule has 0 fully saturated rings. The van der Waals surface area contributed by atoms with E-state index in [1.807, 2.05) is 6.92 Å². The SMILES string of the molecule is [2H]C([2H])(c1c[nH]c2ccc(OC)cc12)C([2H])([2H])N(C)CCC. The van der Waals surface area contributed by atoms with Crippen LogP contribution in [-0.2, 0) is 6.37 Å². The Morgan fingerprint density at radius 1 is 1.44 bits per heavy atom. The van der Waals surface area contributed by atoms with E-state index in [1.165, 1.54) is 4.90 Å². The van der Waals surface area contributed by atoms with Crippen LogP contribution in [0.15, 0.2) is 24.4 Å². The normalized spacial score (nSPS) is 16.2. The molecule has 18 heavy (non-hydrogen) atoms. The Hall–Kier alpha value is -1.48. The summed E-state index contributed by atoms with van der Waals surface area (Å²) < 4.78 is 38.5. The van der Waals surface area contributed by atoms with Crippen molar-refractivity contribution in [3.8, 4) is 5.75 Å². The summed E-state index contributed by atoms with van der Waals surface area (Å²) in [6.07, 6.45) is 0.136. The maximum Gasteiger partial charge on any atom is 0.119 e. The molecule has 2 aromatic rings. The van der Waals surface area contributed by atoms with Crippen molar-refractivity contribution in [1.29, 1.82) is 0 Å². The van der Waals surface area contributed by atoms with Crippen molar-refractivity contribution in [2.45, 2.75) is 19.7 Å². The summed E-state index contributed by atoms with van der Waals surface area (Å²) in [4.78, 5) is 4.43. The highest BCUT2D eigenvalue weighted by Gasteiger charge is 2.06. The molecular formula is C15H22N2O. The number of fused-ring (bicyclic) bond motifs is 1. The van der Waals surface area contributed by atoms with Gasteiger partial charge in [-0.3, -0.25) is 0 Å². The smallest absolute Gasteiger partial charge is 0.119 e. The predicted molar refractivity (Wildman–Crippen MR) is 76.3 cm³/mol. The first-order valence-corrected chi connectivity index (χ1v) is 6.12. The second-order valence-electron chi connectivity index (χ2n) is 4.27. The minimum atomic E-state index is -2.17. The van der Waals surface area contributed by atoms with Crippen molar-refractivity contribution in [1.82, 2.24) is 9.88 Å². The number of hydrogen-bond acceptors (Lipinski definition) is 2. The fourth-order valence-electron chi connectivity index (χ4n) is 1.88. The van der Waals surface area contributed by atoms with Gasteiger partial charge in [0.05, 0.1) is 7.11 Å². The highest BCUT2D eigenvalue weighted by atomic mass is 16.5. The zero-order valence-electron chi connectivity index (χ0n) is 15.1. The number of aromatic amines is 1. The van der Waals surface area contributed by atoms with Gasteiger partial charge in [-0.25, -0.2) is 0 Å². The zero-order valence-corrected chi connectivity index (χ0v) is 11.1. The van der Waals surface area contributed by atoms with E-state index in [4.69, 9.17) is 10.2 Å². The number of hydrogen-bond donors (Lipinski definition) is 1. The Bertz CT molecular complexity index is 654. The van der Waals surface area contributed by atoms with Crippen molar-refractivity contribution in [3.63, 3.8) is 0 Å². The van der Waals surface area contributed by atoms with Crippen LogP contribution in [0.2, 0.25) is 0 Å². The van der Waals surface area contributed by atoms with Gasteiger partial charge in [-0.05, 0) is 50.1 Å². The van der Waals surface area contributed by atoms with Crippen LogP contribution in [0.4, 0.5) is 0 Å². The third-order valence-electron chi connectivity index (χ3n) is 2.83. The molecule has 3 heteroatoms. The third kappa shape index (κ3) is 2.85. The number of nitrogens with one attached hydrogen (secondary N) is 1. The van der Waals surface area contributed by atoms with Crippen LogP contribution in [0, 0.1) is 0 Å². The second-order valence-corrected chi connectivity index (χ2v) is 4.27. The molecule has 1 aromatic carbocycles. The molecule has 1 heterocycles. The molecular weight excluding hydrogens is 224 g/mol. The van der Waals surface area contributed by atoms with E-state index < -0.39 is 12.9 Å². The van der Waals surface area contributed by atoms with E-state index in [0.717, 1.165) is 11.9 Å². The highest BCUT2D eigenvalue weighted by Crippen LogP contribution is 2.23. The molecule has 0 aliphatic carbocycles. The van der Waals surface area contributed by atoms with Crippen LogP contribution in [0.25, 0.3) is 10.9 Å². The van der Waals surface area contributed by atoms with Gasteiger partial charge in [0, 0.05) is 29.1 Å². The van der Waals surface area contributed by atoms with Crippen LogP contribution in [0.3, 0.4) is 0 Å². The molecule has 0 bridgehead atoms. The van der Waals surface area contributed by atoms with Crippen molar-refractivity contribution in [2.75, 3.05) is 27.2 Å². The number of likely N-dealkylation sites (N-methyl/N-ethyl adjacent to an activating group) is 1. The van der Waals surface area contributed by atoms with Crippen molar-refractivity contribution in [2.24, 2.45) is 0 Å². The fourth-order valence-corrected chi connectivity index (χ4v) is 1.88. The fraction of sp³-hybridized carbons (Fsp3) is 0.467. The number of aryl methyl sites for hydroxylation is 1. The number of rotatable bonds is 6. The lowest BCUT2D eigenvalue weighted by Gasteiger charge is -2.14. The summed E-state index contributed by atoms with van der Waals surface area (Å²) in [7, 11) is 3.16. The van der Waals surface area contributed by atoms with Crippen molar-refractivity contribution >= 4 is 10.9 Å². The summed E-state index contributed by atoms with van der Waals surface area (Å²) in [5.41, 5.74) is 1.06. The average molecular weight is 250 g/mol. The van der Waals surface area contributed by atoms with Crippen molar-refractivity contribution < 1.29 is 10.2 Å². The van der Waals surface area contributed by atoms with Crippen LogP contribution in [0.5, 0.6) is 5.75 Å². The van der Waals surface area contributed by atoms with Gasteiger partial charge in [0.25, 0.3) is 0 Å². The van der Waals surface area contributed by atoms with E-state index in [-0.39, 0.29) is 0 Å². The van der Waals surface area contributed by atoms with E-state index >= 15 is 0 Å².